The quantitative estimate of drug-likeness (QED) is 0.816. The molecule has 1 aromatic rings. The maximum absolute atomic E-state index is 8.86. The normalized spacial score (nSPS) is 24.3. The number of anilines is 2. The first-order chi connectivity index (χ1) is 8.98. The Kier molecular flexibility index (Phi) is 3.68. The number of nitriles is 1. The zero-order valence-corrected chi connectivity index (χ0v) is 11.7. The molecule has 0 spiro atoms. The molecule has 2 unspecified atom stereocenters. The third kappa shape index (κ3) is 2.52. The van der Waals surface area contributed by atoms with E-state index in [9.17, 15) is 0 Å². The lowest BCUT2D eigenvalue weighted by Gasteiger charge is -2.52. The molecule has 0 bridgehead atoms. The van der Waals surface area contributed by atoms with Gasteiger partial charge in [0.1, 0.15) is 6.07 Å². The first kappa shape index (κ1) is 13.7. The number of nitrogens with two attached hydrogens (primary N) is 1. The van der Waals surface area contributed by atoms with E-state index >= 15 is 0 Å². The lowest BCUT2D eigenvalue weighted by atomic mass is 9.64. The van der Waals surface area contributed by atoms with Crippen LogP contribution in [0.1, 0.15) is 32.8 Å². The van der Waals surface area contributed by atoms with Crippen molar-refractivity contribution in [2.24, 2.45) is 5.41 Å². The summed E-state index contributed by atoms with van der Waals surface area (Å²) in [5.74, 6) is 0. The van der Waals surface area contributed by atoms with Gasteiger partial charge in [-0.3, -0.25) is 0 Å². The van der Waals surface area contributed by atoms with E-state index in [-0.39, 0.29) is 5.41 Å². The fourth-order valence-corrected chi connectivity index (χ4v) is 2.57. The molecule has 0 heterocycles. The molecule has 0 saturated heterocycles. The Morgan fingerprint density at radius 1 is 1.53 bits per heavy atom. The Hall–Kier alpha value is -1.73. The SMILES string of the molecule is CCOC1CC(Nc2ccc(C#N)c(N)c2)C1(C)C. The molecule has 4 nitrogen and oxygen atoms in total. The fourth-order valence-electron chi connectivity index (χ4n) is 2.57. The summed E-state index contributed by atoms with van der Waals surface area (Å²) >= 11 is 0. The van der Waals surface area contributed by atoms with Crippen molar-refractivity contribution in [3.05, 3.63) is 23.8 Å². The van der Waals surface area contributed by atoms with Crippen molar-refractivity contribution in [3.63, 3.8) is 0 Å². The molecule has 0 amide bonds. The van der Waals surface area contributed by atoms with E-state index in [2.05, 4.69) is 25.2 Å². The summed E-state index contributed by atoms with van der Waals surface area (Å²) in [7, 11) is 0. The Morgan fingerprint density at radius 2 is 2.26 bits per heavy atom. The minimum absolute atomic E-state index is 0.110. The number of ether oxygens (including phenoxy) is 1. The standard InChI is InChI=1S/C15H21N3O/c1-4-19-14-8-13(15(14,2)3)18-11-6-5-10(9-16)12(17)7-11/h5-7,13-14,18H,4,8,17H2,1-3H3. The molecule has 1 saturated carbocycles. The molecule has 0 aromatic heterocycles. The van der Waals surface area contributed by atoms with Crippen LogP contribution in [-0.4, -0.2) is 18.8 Å². The van der Waals surface area contributed by atoms with Crippen molar-refractivity contribution in [2.45, 2.75) is 39.3 Å². The van der Waals surface area contributed by atoms with Crippen LogP contribution in [0, 0.1) is 16.7 Å². The molecule has 1 aliphatic carbocycles. The fraction of sp³-hybridized carbons (Fsp3) is 0.533. The van der Waals surface area contributed by atoms with Crippen molar-refractivity contribution in [1.29, 1.82) is 5.26 Å². The number of hydrogen-bond donors (Lipinski definition) is 2. The van der Waals surface area contributed by atoms with E-state index < -0.39 is 0 Å². The van der Waals surface area contributed by atoms with Crippen LogP contribution in [0.3, 0.4) is 0 Å². The topological polar surface area (TPSA) is 71.1 Å². The Morgan fingerprint density at radius 3 is 2.79 bits per heavy atom. The smallest absolute Gasteiger partial charge is 0.101 e. The van der Waals surface area contributed by atoms with Gasteiger partial charge < -0.3 is 15.8 Å². The van der Waals surface area contributed by atoms with E-state index in [1.807, 2.05) is 19.1 Å². The van der Waals surface area contributed by atoms with E-state index in [4.69, 9.17) is 15.7 Å². The third-order valence-corrected chi connectivity index (χ3v) is 4.06. The molecule has 4 heteroatoms. The lowest BCUT2D eigenvalue weighted by Crippen LogP contribution is -2.58. The summed E-state index contributed by atoms with van der Waals surface area (Å²) < 4.78 is 5.71. The second-order valence-electron chi connectivity index (χ2n) is 5.61. The Balaban J connectivity index is 2.04. The molecule has 19 heavy (non-hydrogen) atoms. The van der Waals surface area contributed by atoms with Gasteiger partial charge in [0.25, 0.3) is 0 Å². The van der Waals surface area contributed by atoms with E-state index in [0.717, 1.165) is 18.7 Å². The summed E-state index contributed by atoms with van der Waals surface area (Å²) in [6.45, 7) is 7.20. The van der Waals surface area contributed by atoms with Gasteiger partial charge in [0.15, 0.2) is 0 Å². The number of hydrogen-bond acceptors (Lipinski definition) is 4. The molecule has 2 atom stereocenters. The lowest BCUT2D eigenvalue weighted by molar-refractivity contribution is -0.0975. The Bertz CT molecular complexity index is 505. The van der Waals surface area contributed by atoms with Crippen molar-refractivity contribution in [2.75, 3.05) is 17.7 Å². The first-order valence-electron chi connectivity index (χ1n) is 6.66. The van der Waals surface area contributed by atoms with E-state index in [0.29, 0.717) is 23.4 Å². The van der Waals surface area contributed by atoms with E-state index in [1.165, 1.54) is 0 Å². The Labute approximate surface area is 114 Å². The van der Waals surface area contributed by atoms with Gasteiger partial charge in [-0.15, -0.1) is 0 Å². The minimum Gasteiger partial charge on any atom is -0.398 e. The van der Waals surface area contributed by atoms with Crippen molar-refractivity contribution in [3.8, 4) is 6.07 Å². The first-order valence-corrected chi connectivity index (χ1v) is 6.66. The highest BCUT2D eigenvalue weighted by Gasteiger charge is 2.48. The van der Waals surface area contributed by atoms with Crippen LogP contribution in [0.5, 0.6) is 0 Å². The molecular weight excluding hydrogens is 238 g/mol. The number of benzene rings is 1. The summed E-state index contributed by atoms with van der Waals surface area (Å²) in [5, 5.41) is 12.3. The number of nitrogens with one attached hydrogen (secondary N) is 1. The van der Waals surface area contributed by atoms with Crippen LogP contribution < -0.4 is 11.1 Å². The van der Waals surface area contributed by atoms with Crippen LogP contribution in [0.2, 0.25) is 0 Å². The zero-order chi connectivity index (χ0) is 14.0. The molecule has 1 aromatic carbocycles. The van der Waals surface area contributed by atoms with Gasteiger partial charge in [0, 0.05) is 23.8 Å². The molecule has 0 radical (unpaired) electrons. The molecule has 1 fully saturated rings. The van der Waals surface area contributed by atoms with Crippen LogP contribution >= 0.6 is 0 Å². The van der Waals surface area contributed by atoms with Gasteiger partial charge in [-0.2, -0.15) is 5.26 Å². The monoisotopic (exact) mass is 259 g/mol. The molecule has 1 aliphatic rings. The molecule has 0 aliphatic heterocycles. The number of rotatable bonds is 4. The predicted octanol–water partition coefficient (Wildman–Crippen LogP) is 2.76. The van der Waals surface area contributed by atoms with Crippen LogP contribution in [0.25, 0.3) is 0 Å². The van der Waals surface area contributed by atoms with Crippen molar-refractivity contribution < 1.29 is 4.74 Å². The summed E-state index contributed by atoms with van der Waals surface area (Å²) in [4.78, 5) is 0. The number of nitrogens with zero attached hydrogens (tertiary/aromatic N) is 1. The van der Waals surface area contributed by atoms with Crippen LogP contribution in [0.4, 0.5) is 11.4 Å². The van der Waals surface area contributed by atoms with E-state index in [1.54, 1.807) is 6.07 Å². The molecule has 102 valence electrons. The predicted molar refractivity (Wildman–Crippen MR) is 76.8 cm³/mol. The maximum Gasteiger partial charge on any atom is 0.101 e. The van der Waals surface area contributed by atoms with Crippen LogP contribution in [-0.2, 0) is 4.74 Å². The van der Waals surface area contributed by atoms with Gasteiger partial charge in [0.2, 0.25) is 0 Å². The molecular formula is C15H21N3O. The summed E-state index contributed by atoms with van der Waals surface area (Å²) in [6.07, 6.45) is 1.31. The highest BCUT2D eigenvalue weighted by molar-refractivity contribution is 5.63. The highest BCUT2D eigenvalue weighted by Crippen LogP contribution is 2.44. The van der Waals surface area contributed by atoms with Gasteiger partial charge in [-0.1, -0.05) is 13.8 Å². The minimum atomic E-state index is 0.110. The second-order valence-corrected chi connectivity index (χ2v) is 5.61. The zero-order valence-electron chi connectivity index (χ0n) is 11.7. The van der Waals surface area contributed by atoms with Gasteiger partial charge in [0.05, 0.1) is 17.4 Å². The third-order valence-electron chi connectivity index (χ3n) is 4.06. The summed E-state index contributed by atoms with van der Waals surface area (Å²) in [5.41, 5.74) is 7.93. The average molecular weight is 259 g/mol. The summed E-state index contributed by atoms with van der Waals surface area (Å²) in [6, 6.07) is 7.92. The maximum atomic E-state index is 8.86. The van der Waals surface area contributed by atoms with Gasteiger partial charge in [-0.25, -0.2) is 0 Å². The molecule has 2 rings (SSSR count). The number of nitrogen functional groups attached to an aromatic ring is 1. The average Bonchev–Trinajstić information content (AvgIpc) is 2.38. The van der Waals surface area contributed by atoms with Crippen LogP contribution in [0.15, 0.2) is 18.2 Å². The largest absolute Gasteiger partial charge is 0.398 e. The molecule has 3 N–H and O–H groups in total. The van der Waals surface area contributed by atoms with Crippen molar-refractivity contribution >= 4 is 11.4 Å². The highest BCUT2D eigenvalue weighted by atomic mass is 16.5. The van der Waals surface area contributed by atoms with Gasteiger partial charge >= 0.3 is 0 Å². The second kappa shape index (κ2) is 5.10. The van der Waals surface area contributed by atoms with Crippen molar-refractivity contribution in [1.82, 2.24) is 0 Å². The van der Waals surface area contributed by atoms with Gasteiger partial charge in [-0.05, 0) is 31.5 Å².